The second-order valence-electron chi connectivity index (χ2n) is 3.73. The number of aliphatic carboxylic acids is 1. The predicted molar refractivity (Wildman–Crippen MR) is 55.8 cm³/mol. The van der Waals surface area contributed by atoms with E-state index in [0.717, 1.165) is 12.1 Å². The van der Waals surface area contributed by atoms with Crippen LogP contribution in [-0.4, -0.2) is 23.8 Å². The fourth-order valence-electron chi connectivity index (χ4n) is 1.44. The lowest BCUT2D eigenvalue weighted by Crippen LogP contribution is -2.22. The summed E-state index contributed by atoms with van der Waals surface area (Å²) in [5.41, 5.74) is -0.364. The summed E-state index contributed by atoms with van der Waals surface area (Å²) in [5, 5.41) is 8.48. The molecule has 4 nitrogen and oxygen atoms in total. The van der Waals surface area contributed by atoms with Gasteiger partial charge in [0.25, 0.3) is 0 Å². The van der Waals surface area contributed by atoms with Crippen LogP contribution in [0, 0.1) is 0 Å². The first-order chi connectivity index (χ1) is 9.48. The molecule has 0 atom stereocenters. The van der Waals surface area contributed by atoms with E-state index >= 15 is 0 Å². The molecular formula is C11H8F6O4. The van der Waals surface area contributed by atoms with E-state index < -0.39 is 43.0 Å². The summed E-state index contributed by atoms with van der Waals surface area (Å²) in [4.78, 5) is 10.4. The molecule has 0 bridgehead atoms. The molecule has 0 aliphatic carbocycles. The number of rotatable bonds is 5. The van der Waals surface area contributed by atoms with Crippen LogP contribution in [0.5, 0.6) is 11.5 Å². The number of hydrogen-bond acceptors (Lipinski definition) is 3. The van der Waals surface area contributed by atoms with Crippen LogP contribution in [0.3, 0.4) is 0 Å². The number of halogens is 6. The SMILES string of the molecule is O=C(O)CCc1cccc(OC(F)(F)F)c1OC(F)(F)F. The van der Waals surface area contributed by atoms with Crippen LogP contribution in [0.15, 0.2) is 18.2 Å². The van der Waals surface area contributed by atoms with E-state index in [1.165, 1.54) is 0 Å². The third-order valence-corrected chi connectivity index (χ3v) is 2.11. The maximum atomic E-state index is 12.3. The van der Waals surface area contributed by atoms with E-state index in [-0.39, 0.29) is 5.56 Å². The van der Waals surface area contributed by atoms with E-state index in [0.29, 0.717) is 6.07 Å². The third-order valence-electron chi connectivity index (χ3n) is 2.11. The monoisotopic (exact) mass is 318 g/mol. The molecule has 1 N–H and O–H groups in total. The minimum atomic E-state index is -5.25. The first-order valence-electron chi connectivity index (χ1n) is 5.33. The molecule has 1 aromatic rings. The van der Waals surface area contributed by atoms with Crippen molar-refractivity contribution < 1.29 is 45.7 Å². The summed E-state index contributed by atoms with van der Waals surface area (Å²) in [6.07, 6.45) is -11.5. The van der Waals surface area contributed by atoms with E-state index in [9.17, 15) is 31.1 Å². The van der Waals surface area contributed by atoms with Gasteiger partial charge in [-0.15, -0.1) is 26.3 Å². The largest absolute Gasteiger partial charge is 0.573 e. The van der Waals surface area contributed by atoms with Crippen molar-refractivity contribution >= 4 is 5.97 Å². The van der Waals surface area contributed by atoms with Crippen molar-refractivity contribution in [2.45, 2.75) is 25.6 Å². The summed E-state index contributed by atoms with van der Waals surface area (Å²) in [6, 6.07) is 2.66. The molecule has 0 amide bonds. The molecule has 0 saturated heterocycles. The predicted octanol–water partition coefficient (Wildman–Crippen LogP) is 3.50. The Hall–Kier alpha value is -2.13. The smallest absolute Gasteiger partial charge is 0.481 e. The average molecular weight is 318 g/mol. The highest BCUT2D eigenvalue weighted by molar-refractivity contribution is 5.67. The zero-order valence-corrected chi connectivity index (χ0v) is 10.1. The molecule has 21 heavy (non-hydrogen) atoms. The van der Waals surface area contributed by atoms with Crippen LogP contribution >= 0.6 is 0 Å². The molecule has 1 aromatic carbocycles. The van der Waals surface area contributed by atoms with Gasteiger partial charge in [0, 0.05) is 6.42 Å². The lowest BCUT2D eigenvalue weighted by Gasteiger charge is -2.18. The Labute approximate surface area is 113 Å². The molecule has 118 valence electrons. The fourth-order valence-corrected chi connectivity index (χ4v) is 1.44. The number of benzene rings is 1. The van der Waals surface area contributed by atoms with E-state index in [1.807, 2.05) is 0 Å². The number of para-hydroxylation sites is 1. The number of alkyl halides is 6. The van der Waals surface area contributed by atoms with Crippen molar-refractivity contribution in [3.05, 3.63) is 23.8 Å². The maximum Gasteiger partial charge on any atom is 0.573 e. The van der Waals surface area contributed by atoms with Crippen LogP contribution in [0.1, 0.15) is 12.0 Å². The second-order valence-corrected chi connectivity index (χ2v) is 3.73. The summed E-state index contributed by atoms with van der Waals surface area (Å²) in [5.74, 6) is -3.72. The Balaban J connectivity index is 3.17. The Morgan fingerprint density at radius 1 is 1.05 bits per heavy atom. The lowest BCUT2D eigenvalue weighted by atomic mass is 10.1. The van der Waals surface area contributed by atoms with Gasteiger partial charge in [-0.2, -0.15) is 0 Å². The fraction of sp³-hybridized carbons (Fsp3) is 0.364. The van der Waals surface area contributed by atoms with Crippen molar-refractivity contribution in [3.8, 4) is 11.5 Å². The van der Waals surface area contributed by atoms with E-state index in [4.69, 9.17) is 5.11 Å². The summed E-state index contributed by atoms with van der Waals surface area (Å²) in [6.45, 7) is 0. The number of carboxylic acid groups (broad SMARTS) is 1. The molecule has 0 unspecified atom stereocenters. The highest BCUT2D eigenvalue weighted by atomic mass is 19.4. The summed E-state index contributed by atoms with van der Waals surface area (Å²) >= 11 is 0. The molecular weight excluding hydrogens is 310 g/mol. The number of carbonyl (C=O) groups is 1. The average Bonchev–Trinajstić information content (AvgIpc) is 2.25. The Bertz CT molecular complexity index is 508. The van der Waals surface area contributed by atoms with E-state index in [2.05, 4.69) is 9.47 Å². The van der Waals surface area contributed by atoms with Crippen molar-refractivity contribution in [1.29, 1.82) is 0 Å². The van der Waals surface area contributed by atoms with Gasteiger partial charge in [0.15, 0.2) is 11.5 Å². The van der Waals surface area contributed by atoms with E-state index in [1.54, 1.807) is 0 Å². The topological polar surface area (TPSA) is 55.8 Å². The highest BCUT2D eigenvalue weighted by Gasteiger charge is 2.37. The number of carboxylic acids is 1. The molecule has 1 rings (SSSR count). The van der Waals surface area contributed by atoms with Gasteiger partial charge < -0.3 is 14.6 Å². The van der Waals surface area contributed by atoms with Gasteiger partial charge >= 0.3 is 18.7 Å². The van der Waals surface area contributed by atoms with Gasteiger partial charge in [-0.25, -0.2) is 0 Å². The van der Waals surface area contributed by atoms with Crippen LogP contribution in [-0.2, 0) is 11.2 Å². The normalized spacial score (nSPS) is 12.1. The molecule has 0 saturated carbocycles. The third kappa shape index (κ3) is 6.23. The van der Waals surface area contributed by atoms with Crippen molar-refractivity contribution in [2.75, 3.05) is 0 Å². The quantitative estimate of drug-likeness (QED) is 0.844. The van der Waals surface area contributed by atoms with Crippen molar-refractivity contribution in [2.24, 2.45) is 0 Å². The van der Waals surface area contributed by atoms with Crippen LogP contribution in [0.4, 0.5) is 26.3 Å². The van der Waals surface area contributed by atoms with Gasteiger partial charge in [-0.3, -0.25) is 4.79 Å². The summed E-state index contributed by atoms with van der Waals surface area (Å²) < 4.78 is 80.2. The van der Waals surface area contributed by atoms with Crippen molar-refractivity contribution in [3.63, 3.8) is 0 Å². The van der Waals surface area contributed by atoms with Gasteiger partial charge in [0.1, 0.15) is 0 Å². The minimum Gasteiger partial charge on any atom is -0.481 e. The van der Waals surface area contributed by atoms with Crippen molar-refractivity contribution in [1.82, 2.24) is 0 Å². The van der Waals surface area contributed by atoms with Gasteiger partial charge in [0.05, 0.1) is 0 Å². The Morgan fingerprint density at radius 2 is 1.62 bits per heavy atom. The molecule has 0 aromatic heterocycles. The zero-order chi connectivity index (χ0) is 16.3. The van der Waals surface area contributed by atoms with Crippen LogP contribution in [0.25, 0.3) is 0 Å². The number of hydrogen-bond donors (Lipinski definition) is 1. The van der Waals surface area contributed by atoms with Gasteiger partial charge in [-0.1, -0.05) is 12.1 Å². The molecule has 0 heterocycles. The van der Waals surface area contributed by atoms with Crippen LogP contribution < -0.4 is 9.47 Å². The van der Waals surface area contributed by atoms with Gasteiger partial charge in [0.2, 0.25) is 0 Å². The lowest BCUT2D eigenvalue weighted by molar-refractivity contribution is -0.287. The Morgan fingerprint density at radius 3 is 2.10 bits per heavy atom. The number of aryl methyl sites for hydroxylation is 1. The first kappa shape index (κ1) is 16.9. The highest BCUT2D eigenvalue weighted by Crippen LogP contribution is 2.38. The molecule has 0 spiro atoms. The molecule has 0 radical (unpaired) electrons. The minimum absolute atomic E-state index is 0.364. The summed E-state index contributed by atoms with van der Waals surface area (Å²) in [7, 11) is 0. The molecule has 10 heteroatoms. The van der Waals surface area contributed by atoms with Crippen LogP contribution in [0.2, 0.25) is 0 Å². The molecule has 0 aliphatic rings. The Kier molecular flexibility index (Phi) is 4.92. The van der Waals surface area contributed by atoms with Gasteiger partial charge in [-0.05, 0) is 18.1 Å². The maximum absolute atomic E-state index is 12.3. The first-order valence-corrected chi connectivity index (χ1v) is 5.33. The second kappa shape index (κ2) is 6.10. The molecule has 0 aliphatic heterocycles. The number of ether oxygens (including phenoxy) is 2. The standard InChI is InChI=1S/C11H8F6O4/c12-10(13,14)20-7-3-1-2-6(4-5-8(18)19)9(7)21-11(15,16)17/h1-3H,4-5H2,(H,18,19). The zero-order valence-electron chi connectivity index (χ0n) is 10.1. The molecule has 0 fully saturated rings.